The van der Waals surface area contributed by atoms with Crippen molar-refractivity contribution >= 4 is 5.82 Å². The molecular formula is C11H18FN3. The van der Waals surface area contributed by atoms with Crippen LogP contribution < -0.4 is 5.32 Å². The molecule has 1 rings (SSSR count). The SMILES string of the molecule is CCNc1nc(C(C)CC)nc(C)c1F. The molecule has 1 N–H and O–H groups in total. The lowest BCUT2D eigenvalue weighted by Crippen LogP contribution is -2.10. The van der Waals surface area contributed by atoms with Crippen molar-refractivity contribution in [3.63, 3.8) is 0 Å². The van der Waals surface area contributed by atoms with Gasteiger partial charge in [-0.05, 0) is 20.3 Å². The Labute approximate surface area is 90.1 Å². The van der Waals surface area contributed by atoms with Crippen LogP contribution in [0.2, 0.25) is 0 Å². The number of halogens is 1. The summed E-state index contributed by atoms with van der Waals surface area (Å²) in [6.07, 6.45) is 0.955. The molecule has 1 atom stereocenters. The number of hydrogen-bond acceptors (Lipinski definition) is 3. The van der Waals surface area contributed by atoms with Crippen LogP contribution >= 0.6 is 0 Å². The summed E-state index contributed by atoms with van der Waals surface area (Å²) in [6.45, 7) is 8.36. The zero-order chi connectivity index (χ0) is 11.4. The molecule has 1 heterocycles. The molecule has 0 aromatic carbocycles. The second-order valence-electron chi connectivity index (χ2n) is 3.67. The smallest absolute Gasteiger partial charge is 0.186 e. The van der Waals surface area contributed by atoms with Gasteiger partial charge in [0.1, 0.15) is 5.82 Å². The van der Waals surface area contributed by atoms with Gasteiger partial charge < -0.3 is 5.32 Å². The van der Waals surface area contributed by atoms with Gasteiger partial charge in [-0.15, -0.1) is 0 Å². The number of nitrogens with zero attached hydrogens (tertiary/aromatic N) is 2. The fourth-order valence-electron chi connectivity index (χ4n) is 1.27. The summed E-state index contributed by atoms with van der Waals surface area (Å²) in [5.41, 5.74) is 0.413. The Bertz CT molecular complexity index is 339. The number of aryl methyl sites for hydroxylation is 1. The van der Waals surface area contributed by atoms with E-state index in [0.717, 1.165) is 6.42 Å². The maximum Gasteiger partial charge on any atom is 0.186 e. The number of aromatic nitrogens is 2. The molecule has 0 aliphatic rings. The summed E-state index contributed by atoms with van der Waals surface area (Å²) in [6, 6.07) is 0. The molecule has 0 aliphatic carbocycles. The lowest BCUT2D eigenvalue weighted by atomic mass is 10.1. The molecule has 3 nitrogen and oxygen atoms in total. The number of rotatable bonds is 4. The number of anilines is 1. The van der Waals surface area contributed by atoms with Gasteiger partial charge >= 0.3 is 0 Å². The standard InChI is InChI=1S/C11H18FN3/c1-5-7(3)10-14-8(4)9(12)11(15-10)13-6-2/h7H,5-6H2,1-4H3,(H,13,14,15). The predicted molar refractivity (Wildman–Crippen MR) is 59.6 cm³/mol. The van der Waals surface area contributed by atoms with E-state index in [4.69, 9.17) is 0 Å². The fourth-order valence-corrected chi connectivity index (χ4v) is 1.27. The van der Waals surface area contributed by atoms with Crippen LogP contribution in [0.3, 0.4) is 0 Å². The Kier molecular flexibility index (Phi) is 4.00. The van der Waals surface area contributed by atoms with Gasteiger partial charge in [0.05, 0.1) is 5.69 Å². The van der Waals surface area contributed by atoms with Crippen LogP contribution in [0, 0.1) is 12.7 Å². The van der Waals surface area contributed by atoms with Crippen molar-refractivity contribution in [1.82, 2.24) is 9.97 Å². The molecule has 15 heavy (non-hydrogen) atoms. The van der Waals surface area contributed by atoms with Gasteiger partial charge in [0.25, 0.3) is 0 Å². The van der Waals surface area contributed by atoms with Crippen LogP contribution in [-0.4, -0.2) is 16.5 Å². The summed E-state index contributed by atoms with van der Waals surface area (Å²) >= 11 is 0. The molecule has 1 aromatic rings. The Balaban J connectivity index is 3.11. The molecular weight excluding hydrogens is 193 g/mol. The van der Waals surface area contributed by atoms with Gasteiger partial charge in [-0.2, -0.15) is 0 Å². The monoisotopic (exact) mass is 211 g/mol. The van der Waals surface area contributed by atoms with Gasteiger partial charge in [-0.25, -0.2) is 14.4 Å². The van der Waals surface area contributed by atoms with Gasteiger partial charge in [0, 0.05) is 12.5 Å². The van der Waals surface area contributed by atoms with Crippen LogP contribution in [0.1, 0.15) is 44.6 Å². The number of hydrogen-bond donors (Lipinski definition) is 1. The van der Waals surface area contributed by atoms with E-state index in [1.807, 2.05) is 13.8 Å². The Morgan fingerprint density at radius 1 is 1.33 bits per heavy atom. The van der Waals surface area contributed by atoms with Crippen LogP contribution in [0.15, 0.2) is 0 Å². The molecule has 0 aliphatic heterocycles. The quantitative estimate of drug-likeness (QED) is 0.832. The van der Waals surface area contributed by atoms with Crippen molar-refractivity contribution in [2.24, 2.45) is 0 Å². The third kappa shape index (κ3) is 2.64. The lowest BCUT2D eigenvalue weighted by Gasteiger charge is -2.12. The first-order valence-corrected chi connectivity index (χ1v) is 5.38. The average Bonchev–Trinajstić information content (AvgIpc) is 2.23. The van der Waals surface area contributed by atoms with E-state index < -0.39 is 0 Å². The van der Waals surface area contributed by atoms with E-state index in [0.29, 0.717) is 23.9 Å². The lowest BCUT2D eigenvalue weighted by molar-refractivity contribution is 0.587. The zero-order valence-corrected chi connectivity index (χ0v) is 9.76. The maximum atomic E-state index is 13.5. The maximum absolute atomic E-state index is 13.5. The molecule has 0 spiro atoms. The zero-order valence-electron chi connectivity index (χ0n) is 9.76. The highest BCUT2D eigenvalue weighted by atomic mass is 19.1. The molecule has 0 saturated carbocycles. The van der Waals surface area contributed by atoms with E-state index >= 15 is 0 Å². The number of nitrogens with one attached hydrogen (secondary N) is 1. The van der Waals surface area contributed by atoms with Crippen molar-refractivity contribution in [1.29, 1.82) is 0 Å². The van der Waals surface area contributed by atoms with Gasteiger partial charge in [0.15, 0.2) is 11.6 Å². The van der Waals surface area contributed by atoms with Crippen molar-refractivity contribution in [3.8, 4) is 0 Å². The van der Waals surface area contributed by atoms with Crippen LogP contribution in [-0.2, 0) is 0 Å². The third-order valence-corrected chi connectivity index (χ3v) is 2.43. The average molecular weight is 211 g/mol. The molecule has 4 heteroatoms. The van der Waals surface area contributed by atoms with E-state index in [2.05, 4.69) is 22.2 Å². The summed E-state index contributed by atoms with van der Waals surface area (Å²) < 4.78 is 13.5. The second-order valence-corrected chi connectivity index (χ2v) is 3.67. The third-order valence-electron chi connectivity index (χ3n) is 2.43. The van der Waals surface area contributed by atoms with Gasteiger partial charge in [0.2, 0.25) is 0 Å². The minimum atomic E-state index is -0.344. The molecule has 0 saturated heterocycles. The van der Waals surface area contributed by atoms with Crippen molar-refractivity contribution < 1.29 is 4.39 Å². The fraction of sp³-hybridized carbons (Fsp3) is 0.636. The summed E-state index contributed by atoms with van der Waals surface area (Å²) in [5.74, 6) is 0.957. The summed E-state index contributed by atoms with van der Waals surface area (Å²) in [5, 5.41) is 2.91. The predicted octanol–water partition coefficient (Wildman–Crippen LogP) is 2.87. The highest BCUT2D eigenvalue weighted by Crippen LogP contribution is 2.20. The minimum Gasteiger partial charge on any atom is -0.368 e. The van der Waals surface area contributed by atoms with Crippen molar-refractivity contribution in [3.05, 3.63) is 17.3 Å². The first-order chi connectivity index (χ1) is 7.10. The Hall–Kier alpha value is -1.19. The first-order valence-electron chi connectivity index (χ1n) is 5.38. The van der Waals surface area contributed by atoms with E-state index in [1.54, 1.807) is 6.92 Å². The van der Waals surface area contributed by atoms with Crippen molar-refractivity contribution in [2.45, 2.75) is 40.0 Å². The van der Waals surface area contributed by atoms with Crippen LogP contribution in [0.25, 0.3) is 0 Å². The van der Waals surface area contributed by atoms with Gasteiger partial charge in [-0.1, -0.05) is 13.8 Å². The largest absolute Gasteiger partial charge is 0.368 e. The van der Waals surface area contributed by atoms with Gasteiger partial charge in [-0.3, -0.25) is 0 Å². The summed E-state index contributed by atoms with van der Waals surface area (Å²) in [4.78, 5) is 8.36. The molecule has 1 unspecified atom stereocenters. The first kappa shape index (κ1) is 11.9. The molecule has 1 aromatic heterocycles. The highest BCUT2D eigenvalue weighted by Gasteiger charge is 2.13. The molecule has 84 valence electrons. The van der Waals surface area contributed by atoms with E-state index in [9.17, 15) is 4.39 Å². The molecule has 0 fully saturated rings. The summed E-state index contributed by atoms with van der Waals surface area (Å²) in [7, 11) is 0. The highest BCUT2D eigenvalue weighted by molar-refractivity contribution is 5.38. The molecule has 0 radical (unpaired) electrons. The normalized spacial score (nSPS) is 12.6. The van der Waals surface area contributed by atoms with E-state index in [-0.39, 0.29) is 11.7 Å². The van der Waals surface area contributed by atoms with Crippen molar-refractivity contribution in [2.75, 3.05) is 11.9 Å². The molecule has 0 bridgehead atoms. The second kappa shape index (κ2) is 5.05. The van der Waals surface area contributed by atoms with Crippen LogP contribution in [0.5, 0.6) is 0 Å². The Morgan fingerprint density at radius 3 is 2.53 bits per heavy atom. The minimum absolute atomic E-state index is 0.265. The van der Waals surface area contributed by atoms with E-state index in [1.165, 1.54) is 0 Å². The molecule has 0 amide bonds. The topological polar surface area (TPSA) is 37.8 Å². The Morgan fingerprint density at radius 2 is 2.00 bits per heavy atom. The van der Waals surface area contributed by atoms with Crippen LogP contribution in [0.4, 0.5) is 10.2 Å².